The Morgan fingerprint density at radius 2 is 1.55 bits per heavy atom. The normalized spacial score (nSPS) is 11.3. The fourth-order valence-electron chi connectivity index (χ4n) is 2.62. The van der Waals surface area contributed by atoms with Gasteiger partial charge in [0.05, 0.1) is 11.0 Å². The molecule has 0 saturated heterocycles. The maximum atomic E-state index is 13.5. The van der Waals surface area contributed by atoms with Crippen LogP contribution in [0, 0.1) is 5.82 Å². The Labute approximate surface area is 178 Å². The molecule has 4 N–H and O–H groups in total. The molecule has 3 aromatic rings. The summed E-state index contributed by atoms with van der Waals surface area (Å²) in [5.41, 5.74) is 6.18. The lowest BCUT2D eigenvalue weighted by molar-refractivity contribution is 0.0992. The van der Waals surface area contributed by atoms with E-state index in [9.17, 15) is 22.4 Å². The van der Waals surface area contributed by atoms with Gasteiger partial charge < -0.3 is 11.1 Å². The molecule has 0 heterocycles. The number of primary amides is 1. The molecule has 31 heavy (non-hydrogen) atoms. The van der Waals surface area contributed by atoms with Gasteiger partial charge in [0.15, 0.2) is 0 Å². The van der Waals surface area contributed by atoms with Crippen LogP contribution in [-0.4, -0.2) is 20.2 Å². The van der Waals surface area contributed by atoms with E-state index in [0.717, 1.165) is 23.1 Å². The van der Waals surface area contributed by atoms with Crippen LogP contribution in [0.1, 0.15) is 26.3 Å². The van der Waals surface area contributed by atoms with E-state index in [1.807, 2.05) is 6.07 Å². The van der Waals surface area contributed by atoms with E-state index in [0.29, 0.717) is 0 Å². The molecule has 3 aromatic carbocycles. The van der Waals surface area contributed by atoms with Crippen LogP contribution in [-0.2, 0) is 10.0 Å². The summed E-state index contributed by atoms with van der Waals surface area (Å²) in [6.45, 7) is 0. The van der Waals surface area contributed by atoms with Crippen LogP contribution in [0.2, 0.25) is 0 Å². The van der Waals surface area contributed by atoms with Gasteiger partial charge in [-0.3, -0.25) is 14.3 Å². The number of benzene rings is 3. The third kappa shape index (κ3) is 6.00. The van der Waals surface area contributed by atoms with Crippen LogP contribution < -0.4 is 15.8 Å². The molecule has 3 rings (SSSR count). The highest BCUT2D eigenvalue weighted by molar-refractivity contribution is 7.95. The van der Waals surface area contributed by atoms with Crippen molar-refractivity contribution in [2.75, 3.05) is 10.0 Å². The van der Waals surface area contributed by atoms with Crippen LogP contribution >= 0.6 is 0 Å². The van der Waals surface area contributed by atoms with Crippen LogP contribution in [0.3, 0.4) is 0 Å². The van der Waals surface area contributed by atoms with Gasteiger partial charge in [0.25, 0.3) is 21.8 Å². The summed E-state index contributed by atoms with van der Waals surface area (Å²) in [7, 11) is -3.74. The Hall–Kier alpha value is -3.98. The number of carbonyl (C=O) groups is 2. The van der Waals surface area contributed by atoms with Gasteiger partial charge in [-0.05, 0) is 54.1 Å². The smallest absolute Gasteiger partial charge is 0.255 e. The lowest BCUT2D eigenvalue weighted by atomic mass is 10.1. The molecule has 0 atom stereocenters. The number of hydrogen-bond acceptors (Lipinski definition) is 4. The molecular weight excluding hydrogens is 421 g/mol. The highest BCUT2D eigenvalue weighted by Gasteiger charge is 2.12. The molecule has 0 saturated carbocycles. The van der Waals surface area contributed by atoms with Crippen LogP contribution in [0.15, 0.2) is 78.2 Å². The van der Waals surface area contributed by atoms with Crippen molar-refractivity contribution in [1.82, 2.24) is 0 Å². The third-order valence-electron chi connectivity index (χ3n) is 4.14. The second-order valence-corrected chi connectivity index (χ2v) is 8.02. The van der Waals surface area contributed by atoms with Gasteiger partial charge in [-0.1, -0.05) is 30.3 Å². The minimum atomic E-state index is -3.74. The number of rotatable bonds is 7. The lowest BCUT2D eigenvalue weighted by Crippen LogP contribution is -2.16. The number of nitrogens with one attached hydrogen (secondary N) is 2. The molecule has 158 valence electrons. The van der Waals surface area contributed by atoms with Crippen molar-refractivity contribution in [3.8, 4) is 0 Å². The predicted molar refractivity (Wildman–Crippen MR) is 117 cm³/mol. The average molecular weight is 439 g/mol. The SMILES string of the molecule is NC(=O)c1cc(NC(=O)c2ccc(NS(=O)(=O)/C=C\c3ccccc3)cc2)ccc1F. The molecule has 9 heteroatoms. The first-order valence-electron chi connectivity index (χ1n) is 9.00. The summed E-state index contributed by atoms with van der Waals surface area (Å²) in [6, 6.07) is 18.1. The first-order chi connectivity index (χ1) is 14.7. The third-order valence-corrected chi connectivity index (χ3v) is 5.15. The van der Waals surface area contributed by atoms with Crippen molar-refractivity contribution in [2.45, 2.75) is 0 Å². The molecule has 0 bridgehead atoms. The maximum absolute atomic E-state index is 13.5. The number of sulfonamides is 1. The summed E-state index contributed by atoms with van der Waals surface area (Å²) >= 11 is 0. The Bertz CT molecular complexity index is 1240. The highest BCUT2D eigenvalue weighted by atomic mass is 32.2. The number of hydrogen-bond donors (Lipinski definition) is 3. The van der Waals surface area contributed by atoms with Crippen molar-refractivity contribution in [3.63, 3.8) is 0 Å². The maximum Gasteiger partial charge on any atom is 0.255 e. The largest absolute Gasteiger partial charge is 0.366 e. The van der Waals surface area contributed by atoms with Crippen molar-refractivity contribution in [3.05, 3.63) is 101 Å². The predicted octanol–water partition coefficient (Wildman–Crippen LogP) is 3.59. The second-order valence-electron chi connectivity index (χ2n) is 6.45. The van der Waals surface area contributed by atoms with E-state index in [4.69, 9.17) is 5.73 Å². The Balaban J connectivity index is 1.67. The summed E-state index contributed by atoms with van der Waals surface area (Å²) < 4.78 is 40.3. The van der Waals surface area contributed by atoms with Gasteiger partial charge in [-0.2, -0.15) is 0 Å². The summed E-state index contributed by atoms with van der Waals surface area (Å²) in [4.78, 5) is 23.6. The lowest BCUT2D eigenvalue weighted by Gasteiger charge is -2.08. The van der Waals surface area contributed by atoms with Crippen molar-refractivity contribution < 1.29 is 22.4 Å². The molecule has 0 fully saturated rings. The van der Waals surface area contributed by atoms with E-state index >= 15 is 0 Å². The molecule has 0 aliphatic carbocycles. The zero-order chi connectivity index (χ0) is 22.4. The first kappa shape index (κ1) is 21.7. The summed E-state index contributed by atoms with van der Waals surface area (Å²) in [6.07, 6.45) is 1.47. The molecule has 0 aliphatic rings. The number of halogens is 1. The standard InChI is InChI=1S/C22H18FN3O4S/c23-20-11-10-18(14-19(20)21(24)27)25-22(28)16-6-8-17(9-7-16)26-31(29,30)13-12-15-4-2-1-3-5-15/h1-14,26H,(H2,24,27)(H,25,28)/b13-12-. The number of amides is 2. The molecule has 7 nitrogen and oxygen atoms in total. The fraction of sp³-hybridized carbons (Fsp3) is 0. The molecule has 2 amide bonds. The van der Waals surface area contributed by atoms with Crippen molar-refractivity contribution >= 4 is 39.3 Å². The molecule has 0 radical (unpaired) electrons. The van der Waals surface area contributed by atoms with Gasteiger partial charge >= 0.3 is 0 Å². The average Bonchev–Trinajstić information content (AvgIpc) is 2.74. The monoisotopic (exact) mass is 439 g/mol. The Morgan fingerprint density at radius 3 is 2.19 bits per heavy atom. The van der Waals surface area contributed by atoms with Gasteiger partial charge in [-0.15, -0.1) is 0 Å². The molecule has 0 spiro atoms. The topological polar surface area (TPSA) is 118 Å². The molecule has 0 aromatic heterocycles. The summed E-state index contributed by atoms with van der Waals surface area (Å²) in [5, 5.41) is 3.57. The minimum Gasteiger partial charge on any atom is -0.366 e. The van der Waals surface area contributed by atoms with E-state index in [-0.39, 0.29) is 22.5 Å². The van der Waals surface area contributed by atoms with E-state index in [1.54, 1.807) is 24.3 Å². The van der Waals surface area contributed by atoms with Crippen molar-refractivity contribution in [2.24, 2.45) is 5.73 Å². The molecular formula is C22H18FN3O4S. The highest BCUT2D eigenvalue weighted by Crippen LogP contribution is 2.17. The van der Waals surface area contributed by atoms with E-state index in [1.165, 1.54) is 36.4 Å². The minimum absolute atomic E-state index is 0.191. The zero-order valence-electron chi connectivity index (χ0n) is 16.1. The second kappa shape index (κ2) is 9.23. The Morgan fingerprint density at radius 1 is 0.903 bits per heavy atom. The van der Waals surface area contributed by atoms with Crippen LogP contribution in [0.4, 0.5) is 15.8 Å². The van der Waals surface area contributed by atoms with E-state index in [2.05, 4.69) is 10.0 Å². The number of carbonyl (C=O) groups excluding carboxylic acids is 2. The molecule has 0 aliphatic heterocycles. The van der Waals surface area contributed by atoms with Crippen LogP contribution in [0.25, 0.3) is 6.08 Å². The summed E-state index contributed by atoms with van der Waals surface area (Å²) in [5.74, 6) is -2.27. The quantitative estimate of drug-likeness (QED) is 0.521. The zero-order valence-corrected chi connectivity index (χ0v) is 16.9. The van der Waals surface area contributed by atoms with E-state index < -0.39 is 27.7 Å². The van der Waals surface area contributed by atoms with Crippen LogP contribution in [0.5, 0.6) is 0 Å². The molecule has 0 unspecified atom stereocenters. The van der Waals surface area contributed by atoms with Gasteiger partial charge in [0.2, 0.25) is 0 Å². The Kier molecular flexibility index (Phi) is 6.46. The van der Waals surface area contributed by atoms with Gasteiger partial charge in [0.1, 0.15) is 5.82 Å². The first-order valence-corrected chi connectivity index (χ1v) is 10.5. The fourth-order valence-corrected chi connectivity index (χ4v) is 3.48. The number of nitrogens with two attached hydrogens (primary N) is 1. The van der Waals surface area contributed by atoms with Gasteiger partial charge in [0, 0.05) is 16.9 Å². The van der Waals surface area contributed by atoms with Crippen molar-refractivity contribution in [1.29, 1.82) is 0 Å². The number of anilines is 2. The van der Waals surface area contributed by atoms with Gasteiger partial charge in [-0.25, -0.2) is 12.8 Å².